The van der Waals surface area contributed by atoms with Crippen LogP contribution in [-0.2, 0) is 24.3 Å². The molecular weight excluding hydrogens is 476 g/mol. The van der Waals surface area contributed by atoms with Crippen molar-refractivity contribution >= 4 is 11.9 Å². The Bertz CT molecular complexity index is 1330. The lowest BCUT2D eigenvalue weighted by Crippen LogP contribution is -2.50. The summed E-state index contributed by atoms with van der Waals surface area (Å²) >= 11 is 0. The lowest BCUT2D eigenvalue weighted by molar-refractivity contribution is -0.122. The van der Waals surface area contributed by atoms with Crippen LogP contribution in [0, 0.1) is 5.92 Å². The maximum absolute atomic E-state index is 13.0. The Labute approximate surface area is 224 Å². The molecule has 1 aliphatic heterocycles. The lowest BCUT2D eigenvalue weighted by Gasteiger charge is -2.34. The van der Waals surface area contributed by atoms with Gasteiger partial charge in [0, 0.05) is 43.5 Å². The summed E-state index contributed by atoms with van der Waals surface area (Å²) in [6.07, 6.45) is 5.20. The van der Waals surface area contributed by atoms with E-state index in [-0.39, 0.29) is 29.3 Å². The van der Waals surface area contributed by atoms with Gasteiger partial charge in [0.1, 0.15) is 5.75 Å². The Hall–Kier alpha value is -3.87. The highest BCUT2D eigenvalue weighted by molar-refractivity contribution is 5.83. The van der Waals surface area contributed by atoms with Crippen LogP contribution in [0.25, 0.3) is 11.1 Å². The van der Waals surface area contributed by atoms with E-state index in [9.17, 15) is 9.59 Å². The van der Waals surface area contributed by atoms with Crippen molar-refractivity contribution in [3.8, 4) is 16.9 Å². The molecule has 2 heterocycles. The largest absolute Gasteiger partial charge is 0.497 e. The van der Waals surface area contributed by atoms with E-state index in [1.165, 1.54) is 5.56 Å². The summed E-state index contributed by atoms with van der Waals surface area (Å²) in [6, 6.07) is 16.2. The number of ether oxygens (including phenoxy) is 1. The van der Waals surface area contributed by atoms with Gasteiger partial charge in [-0.25, -0.2) is 4.79 Å². The highest BCUT2D eigenvalue weighted by atomic mass is 16.5. The highest BCUT2D eigenvalue weighted by Crippen LogP contribution is 2.47. The van der Waals surface area contributed by atoms with Crippen LogP contribution in [0.2, 0.25) is 0 Å². The van der Waals surface area contributed by atoms with Gasteiger partial charge in [-0.2, -0.15) is 0 Å². The van der Waals surface area contributed by atoms with Gasteiger partial charge in [-0.3, -0.25) is 9.78 Å². The maximum atomic E-state index is 13.0. The summed E-state index contributed by atoms with van der Waals surface area (Å²) in [5.74, 6) is 1.11. The van der Waals surface area contributed by atoms with Crippen molar-refractivity contribution in [2.75, 3.05) is 13.7 Å². The molecular formula is C31H36N4O3. The van der Waals surface area contributed by atoms with Crippen LogP contribution in [0.1, 0.15) is 55.4 Å². The number of nitrogens with one attached hydrogen (secondary N) is 2. The number of urea groups is 1. The number of amides is 3. The number of benzene rings is 2. The van der Waals surface area contributed by atoms with Crippen LogP contribution in [-0.4, -0.2) is 41.0 Å². The monoisotopic (exact) mass is 512 g/mol. The van der Waals surface area contributed by atoms with Crippen LogP contribution < -0.4 is 15.4 Å². The third-order valence-electron chi connectivity index (χ3n) is 7.35. The molecule has 7 heteroatoms. The van der Waals surface area contributed by atoms with Gasteiger partial charge in [0.05, 0.1) is 7.11 Å². The van der Waals surface area contributed by atoms with E-state index < -0.39 is 0 Å². The van der Waals surface area contributed by atoms with E-state index in [2.05, 4.69) is 33.8 Å². The predicted molar refractivity (Wildman–Crippen MR) is 148 cm³/mol. The van der Waals surface area contributed by atoms with Crippen molar-refractivity contribution in [3.05, 3.63) is 83.2 Å². The minimum absolute atomic E-state index is 0.0138. The number of methoxy groups -OCH3 is 1. The maximum Gasteiger partial charge on any atom is 0.318 e. The van der Waals surface area contributed by atoms with E-state index >= 15 is 0 Å². The molecule has 1 aliphatic carbocycles. The number of rotatable bonds is 6. The molecule has 0 bridgehead atoms. The van der Waals surface area contributed by atoms with Crippen molar-refractivity contribution < 1.29 is 14.3 Å². The van der Waals surface area contributed by atoms with Crippen LogP contribution in [0.4, 0.5) is 4.79 Å². The molecule has 0 unspecified atom stereocenters. The Kier molecular flexibility index (Phi) is 7.11. The molecule has 7 nitrogen and oxygen atoms in total. The van der Waals surface area contributed by atoms with E-state index in [4.69, 9.17) is 4.74 Å². The zero-order chi connectivity index (χ0) is 26.9. The fourth-order valence-corrected chi connectivity index (χ4v) is 5.30. The molecule has 2 aliphatic rings. The normalized spacial score (nSPS) is 18.4. The van der Waals surface area contributed by atoms with Gasteiger partial charge < -0.3 is 20.3 Å². The highest BCUT2D eigenvalue weighted by Gasteiger charge is 2.44. The first kappa shape index (κ1) is 25.8. The second-order valence-corrected chi connectivity index (χ2v) is 11.3. The summed E-state index contributed by atoms with van der Waals surface area (Å²) in [6.45, 7) is 7.53. The molecule has 2 atom stereocenters. The number of carbonyl (C=O) groups excluding carboxylic acids is 2. The first-order chi connectivity index (χ1) is 18.2. The Morgan fingerprint density at radius 2 is 1.95 bits per heavy atom. The van der Waals surface area contributed by atoms with Gasteiger partial charge in [0.15, 0.2) is 0 Å². The number of fused-ring (bicyclic) bond motifs is 1. The second kappa shape index (κ2) is 10.5. The molecule has 3 amide bonds. The Morgan fingerprint density at radius 1 is 1.11 bits per heavy atom. The molecule has 1 fully saturated rings. The number of nitrogens with zero attached hydrogens (tertiary/aromatic N) is 2. The van der Waals surface area contributed by atoms with Crippen molar-refractivity contribution in [2.24, 2.45) is 5.92 Å². The molecule has 198 valence electrons. The zero-order valence-electron chi connectivity index (χ0n) is 22.6. The Morgan fingerprint density at radius 3 is 2.68 bits per heavy atom. The molecule has 0 saturated heterocycles. The standard InChI is InChI=1S/C31H36N4O3/c1-31(2,3)34-30(37)35-14-12-25-24(20-7-5-9-23(15-20)38-4)11-10-22(28(25)19-35)18-33-29(36)27-16-26(27)21-8-6-13-32-17-21/h5-11,13,15,17,26-27H,12,14,16,18-19H2,1-4H3,(H,33,36)(H,34,37)/t26-,27-/m1/s1. The second-order valence-electron chi connectivity index (χ2n) is 11.3. The summed E-state index contributed by atoms with van der Waals surface area (Å²) in [4.78, 5) is 32.1. The molecule has 3 aromatic rings. The topological polar surface area (TPSA) is 83.6 Å². The molecule has 1 aromatic heterocycles. The van der Waals surface area contributed by atoms with Crippen molar-refractivity contribution in [1.82, 2.24) is 20.5 Å². The average Bonchev–Trinajstić information content (AvgIpc) is 3.72. The van der Waals surface area contributed by atoms with Gasteiger partial charge in [-0.15, -0.1) is 0 Å². The van der Waals surface area contributed by atoms with Gasteiger partial charge in [0.2, 0.25) is 5.91 Å². The van der Waals surface area contributed by atoms with Gasteiger partial charge in [0.25, 0.3) is 0 Å². The molecule has 38 heavy (non-hydrogen) atoms. The first-order valence-electron chi connectivity index (χ1n) is 13.3. The fourth-order valence-electron chi connectivity index (χ4n) is 5.30. The predicted octanol–water partition coefficient (Wildman–Crippen LogP) is 5.04. The van der Waals surface area contributed by atoms with Gasteiger partial charge >= 0.3 is 6.03 Å². The van der Waals surface area contributed by atoms with Crippen molar-refractivity contribution in [1.29, 1.82) is 0 Å². The van der Waals surface area contributed by atoms with Crippen LogP contribution in [0.5, 0.6) is 5.75 Å². The zero-order valence-corrected chi connectivity index (χ0v) is 22.6. The minimum atomic E-state index is -0.314. The van der Waals surface area contributed by atoms with Gasteiger partial charge in [-0.1, -0.05) is 30.3 Å². The summed E-state index contributed by atoms with van der Waals surface area (Å²) in [5, 5.41) is 6.26. The first-order valence-corrected chi connectivity index (χ1v) is 13.3. The molecule has 0 radical (unpaired) electrons. The Balaban J connectivity index is 1.38. The smallest absolute Gasteiger partial charge is 0.318 e. The summed E-state index contributed by atoms with van der Waals surface area (Å²) < 4.78 is 5.46. The molecule has 0 spiro atoms. The van der Waals surface area contributed by atoms with E-state index in [0.717, 1.165) is 46.4 Å². The molecule has 2 aromatic carbocycles. The van der Waals surface area contributed by atoms with E-state index in [0.29, 0.717) is 19.6 Å². The molecule has 1 saturated carbocycles. The average molecular weight is 513 g/mol. The quantitative estimate of drug-likeness (QED) is 0.485. The third kappa shape index (κ3) is 5.67. The van der Waals surface area contributed by atoms with Crippen LogP contribution >= 0.6 is 0 Å². The van der Waals surface area contributed by atoms with Crippen molar-refractivity contribution in [3.63, 3.8) is 0 Å². The summed E-state index contributed by atoms with van der Waals surface area (Å²) in [5.41, 5.74) is 6.42. The summed E-state index contributed by atoms with van der Waals surface area (Å²) in [7, 11) is 1.67. The number of carbonyl (C=O) groups is 2. The SMILES string of the molecule is COc1cccc(-c2ccc(CNC(=O)[C@@H]3C[C@@H]3c3cccnc3)c3c2CCN(C(=O)NC(C)(C)C)C3)c1. The van der Waals surface area contributed by atoms with E-state index in [1.54, 1.807) is 13.3 Å². The number of hydrogen-bond donors (Lipinski definition) is 2. The van der Waals surface area contributed by atoms with Crippen LogP contribution in [0.15, 0.2) is 60.9 Å². The van der Waals surface area contributed by atoms with Gasteiger partial charge in [-0.05, 0) is 91.1 Å². The minimum Gasteiger partial charge on any atom is -0.497 e. The van der Waals surface area contributed by atoms with E-state index in [1.807, 2.05) is 62.2 Å². The molecule has 2 N–H and O–H groups in total. The van der Waals surface area contributed by atoms with Crippen LogP contribution in [0.3, 0.4) is 0 Å². The number of hydrogen-bond acceptors (Lipinski definition) is 4. The lowest BCUT2D eigenvalue weighted by atomic mass is 9.87. The van der Waals surface area contributed by atoms with Crippen molar-refractivity contribution in [2.45, 2.75) is 58.2 Å². The molecule has 5 rings (SSSR count). The third-order valence-corrected chi connectivity index (χ3v) is 7.35. The number of pyridine rings is 1. The fraction of sp³-hybridized carbons (Fsp3) is 0.387. The number of aromatic nitrogens is 1.